The van der Waals surface area contributed by atoms with Crippen LogP contribution in [0.5, 0.6) is 11.5 Å². The number of benzene rings is 3. The largest absolute Gasteiger partial charge is 0.486 e. The summed E-state index contributed by atoms with van der Waals surface area (Å²) < 4.78 is 82.4. The van der Waals surface area contributed by atoms with Crippen LogP contribution in [0.1, 0.15) is 11.1 Å². The van der Waals surface area contributed by atoms with Crippen LogP contribution in [0.2, 0.25) is 5.02 Å². The second-order valence-corrected chi connectivity index (χ2v) is 9.42. The highest BCUT2D eigenvalue weighted by molar-refractivity contribution is 7.86. The molecule has 0 N–H and O–H groups in total. The minimum atomic E-state index is -4.62. The number of fused-ring (bicyclic) bond motifs is 1. The van der Waals surface area contributed by atoms with Crippen LogP contribution >= 0.6 is 11.6 Å². The van der Waals surface area contributed by atoms with Crippen molar-refractivity contribution in [2.45, 2.75) is 24.1 Å². The third kappa shape index (κ3) is 4.95. The summed E-state index contributed by atoms with van der Waals surface area (Å²) in [5.74, 6) is 0.191. The van der Waals surface area contributed by atoms with E-state index in [1.165, 1.54) is 42.5 Å². The zero-order chi connectivity index (χ0) is 23.8. The number of hydrogen-bond acceptors (Lipinski definition) is 5. The second kappa shape index (κ2) is 8.89. The molecule has 0 aliphatic carbocycles. The quantitative estimate of drug-likeness (QED) is 0.411. The molecule has 0 saturated heterocycles. The average Bonchev–Trinajstić information content (AvgIpc) is 2.77. The molecule has 1 unspecified atom stereocenters. The molecule has 5 nitrogen and oxygen atoms in total. The van der Waals surface area contributed by atoms with Gasteiger partial charge in [-0.05, 0) is 42.8 Å². The maximum Gasteiger partial charge on any atom is 0.417 e. The third-order valence-corrected chi connectivity index (χ3v) is 6.61. The SMILES string of the molecule is Cc1ccc(S(=O)(=O)OCC2COc3ccc(Cl)c(-c4ccccc4C(F)(F)F)c3O2)cc1. The van der Waals surface area contributed by atoms with E-state index in [2.05, 4.69) is 0 Å². The first-order chi connectivity index (χ1) is 15.6. The molecule has 0 saturated carbocycles. The Morgan fingerprint density at radius 1 is 1.06 bits per heavy atom. The standard InChI is InChI=1S/C23H18ClF3O5S/c1-14-6-8-16(9-7-14)33(28,29)31-13-15-12-30-20-11-10-19(24)21(22(20)32-15)17-4-2-3-5-18(17)23(25,26)27/h2-11,15H,12-13H2,1H3. The van der Waals surface area contributed by atoms with Crippen LogP contribution in [0.3, 0.4) is 0 Å². The van der Waals surface area contributed by atoms with Crippen LogP contribution in [-0.2, 0) is 20.5 Å². The summed E-state index contributed by atoms with van der Waals surface area (Å²) >= 11 is 6.28. The lowest BCUT2D eigenvalue weighted by Crippen LogP contribution is -2.34. The van der Waals surface area contributed by atoms with Gasteiger partial charge in [0, 0.05) is 5.56 Å². The van der Waals surface area contributed by atoms with E-state index in [0.29, 0.717) is 0 Å². The Kier molecular flexibility index (Phi) is 6.30. The number of alkyl halides is 3. The van der Waals surface area contributed by atoms with Gasteiger partial charge in [-0.3, -0.25) is 4.18 Å². The van der Waals surface area contributed by atoms with E-state index in [-0.39, 0.29) is 39.2 Å². The lowest BCUT2D eigenvalue weighted by Gasteiger charge is -2.29. The predicted molar refractivity (Wildman–Crippen MR) is 116 cm³/mol. The van der Waals surface area contributed by atoms with Gasteiger partial charge in [0.2, 0.25) is 0 Å². The molecule has 3 aromatic rings. The van der Waals surface area contributed by atoms with Crippen LogP contribution in [0.25, 0.3) is 11.1 Å². The lowest BCUT2D eigenvalue weighted by atomic mass is 9.97. The van der Waals surface area contributed by atoms with Gasteiger partial charge in [0.15, 0.2) is 17.6 Å². The lowest BCUT2D eigenvalue weighted by molar-refractivity contribution is -0.137. The highest BCUT2D eigenvalue weighted by Crippen LogP contribution is 2.48. The predicted octanol–water partition coefficient (Wildman–Crippen LogP) is 5.88. The van der Waals surface area contributed by atoms with E-state index in [4.69, 9.17) is 25.3 Å². The van der Waals surface area contributed by atoms with Gasteiger partial charge in [-0.1, -0.05) is 47.5 Å². The first-order valence-corrected chi connectivity index (χ1v) is 11.6. The Balaban J connectivity index is 1.62. The van der Waals surface area contributed by atoms with E-state index in [1.54, 1.807) is 12.1 Å². The molecule has 0 amide bonds. The minimum absolute atomic E-state index is 0.00758. The summed E-state index contributed by atoms with van der Waals surface area (Å²) in [7, 11) is -4.06. The van der Waals surface area contributed by atoms with E-state index in [0.717, 1.165) is 11.6 Å². The Morgan fingerprint density at radius 3 is 2.45 bits per heavy atom. The molecule has 3 aromatic carbocycles. The van der Waals surface area contributed by atoms with Crippen LogP contribution in [-0.4, -0.2) is 27.7 Å². The second-order valence-electron chi connectivity index (χ2n) is 7.40. The summed E-state index contributed by atoms with van der Waals surface area (Å²) in [5.41, 5.74) is -0.167. The molecule has 10 heteroatoms. The summed E-state index contributed by atoms with van der Waals surface area (Å²) in [5, 5.41) is 0.0305. The molecule has 1 aliphatic heterocycles. The topological polar surface area (TPSA) is 61.8 Å². The van der Waals surface area contributed by atoms with Gasteiger partial charge in [0.1, 0.15) is 13.2 Å². The number of aryl methyl sites for hydroxylation is 1. The van der Waals surface area contributed by atoms with Gasteiger partial charge in [-0.2, -0.15) is 21.6 Å². The Bertz CT molecular complexity index is 1270. The zero-order valence-corrected chi connectivity index (χ0v) is 18.8. The Hall–Kier alpha value is -2.75. The molecule has 1 atom stereocenters. The molecular weight excluding hydrogens is 481 g/mol. The molecule has 0 radical (unpaired) electrons. The molecule has 1 aliphatic rings. The molecule has 0 fully saturated rings. The molecule has 0 aromatic heterocycles. The number of halogens is 4. The minimum Gasteiger partial charge on any atom is -0.486 e. The fourth-order valence-electron chi connectivity index (χ4n) is 3.37. The van der Waals surface area contributed by atoms with Crippen LogP contribution in [0.15, 0.2) is 65.6 Å². The fourth-order valence-corrected chi connectivity index (χ4v) is 4.56. The van der Waals surface area contributed by atoms with Gasteiger partial charge < -0.3 is 9.47 Å². The first kappa shape index (κ1) is 23.4. The van der Waals surface area contributed by atoms with Gasteiger partial charge >= 0.3 is 6.18 Å². The summed E-state index contributed by atoms with van der Waals surface area (Å²) in [4.78, 5) is -0.0203. The van der Waals surface area contributed by atoms with Crippen molar-refractivity contribution in [2.75, 3.05) is 13.2 Å². The average molecular weight is 499 g/mol. The van der Waals surface area contributed by atoms with Gasteiger partial charge in [0.05, 0.1) is 15.5 Å². The van der Waals surface area contributed by atoms with Crippen molar-refractivity contribution in [1.82, 2.24) is 0 Å². The molecule has 4 rings (SSSR count). The molecule has 33 heavy (non-hydrogen) atoms. The monoisotopic (exact) mass is 498 g/mol. The van der Waals surface area contributed by atoms with Crippen molar-refractivity contribution in [3.63, 3.8) is 0 Å². The molecule has 0 spiro atoms. The van der Waals surface area contributed by atoms with E-state index < -0.39 is 34.6 Å². The van der Waals surface area contributed by atoms with Crippen molar-refractivity contribution in [2.24, 2.45) is 0 Å². The smallest absolute Gasteiger partial charge is 0.417 e. The first-order valence-electron chi connectivity index (χ1n) is 9.81. The van der Waals surface area contributed by atoms with Gasteiger partial charge in [-0.25, -0.2) is 0 Å². The number of hydrogen-bond donors (Lipinski definition) is 0. The molecule has 0 bridgehead atoms. The van der Waals surface area contributed by atoms with E-state index >= 15 is 0 Å². The summed E-state index contributed by atoms with van der Waals surface area (Å²) in [6.07, 6.45) is -5.52. The Morgan fingerprint density at radius 2 is 1.76 bits per heavy atom. The van der Waals surface area contributed by atoms with E-state index in [9.17, 15) is 21.6 Å². The Labute approximate surface area is 193 Å². The highest BCUT2D eigenvalue weighted by atomic mass is 35.5. The molecule has 1 heterocycles. The highest BCUT2D eigenvalue weighted by Gasteiger charge is 2.36. The van der Waals surface area contributed by atoms with Crippen LogP contribution < -0.4 is 9.47 Å². The maximum atomic E-state index is 13.6. The van der Waals surface area contributed by atoms with Crippen molar-refractivity contribution in [3.8, 4) is 22.6 Å². The summed E-state index contributed by atoms with van der Waals surface area (Å²) in [6.45, 7) is 1.36. The van der Waals surface area contributed by atoms with Crippen LogP contribution in [0.4, 0.5) is 13.2 Å². The summed E-state index contributed by atoms with van der Waals surface area (Å²) in [6, 6.07) is 14.0. The van der Waals surface area contributed by atoms with Crippen molar-refractivity contribution in [3.05, 3.63) is 76.8 Å². The van der Waals surface area contributed by atoms with Crippen molar-refractivity contribution < 1.29 is 35.2 Å². The van der Waals surface area contributed by atoms with Crippen LogP contribution in [0, 0.1) is 6.92 Å². The maximum absolute atomic E-state index is 13.6. The van der Waals surface area contributed by atoms with Crippen molar-refractivity contribution >= 4 is 21.7 Å². The molecule has 174 valence electrons. The van der Waals surface area contributed by atoms with Gasteiger partial charge in [-0.15, -0.1) is 0 Å². The normalized spacial score (nSPS) is 16.0. The van der Waals surface area contributed by atoms with Gasteiger partial charge in [0.25, 0.3) is 10.1 Å². The fraction of sp³-hybridized carbons (Fsp3) is 0.217. The third-order valence-electron chi connectivity index (χ3n) is 5.00. The van der Waals surface area contributed by atoms with E-state index in [1.807, 2.05) is 6.92 Å². The number of ether oxygens (including phenoxy) is 2. The number of rotatable bonds is 5. The van der Waals surface area contributed by atoms with Crippen molar-refractivity contribution in [1.29, 1.82) is 0 Å². The molecular formula is C23H18ClF3O5S. The zero-order valence-electron chi connectivity index (χ0n) is 17.2.